The Morgan fingerprint density at radius 1 is 0.818 bits per heavy atom. The average molecular weight is 616 g/mol. The average Bonchev–Trinajstić information content (AvgIpc) is 3.67. The van der Waals surface area contributed by atoms with E-state index in [9.17, 15) is 14.4 Å². The predicted molar refractivity (Wildman–Crippen MR) is 177 cm³/mol. The fourth-order valence-corrected chi connectivity index (χ4v) is 7.67. The van der Waals surface area contributed by atoms with Gasteiger partial charge in [0.15, 0.2) is 5.84 Å². The molecule has 4 aromatic carbocycles. The Kier molecular flexibility index (Phi) is 7.00. The lowest BCUT2D eigenvalue weighted by Crippen LogP contribution is -2.37. The molecular weight excluding hydrogens is 591 g/mol. The topological polar surface area (TPSA) is 87.0 Å². The zero-order chi connectivity index (χ0) is 30.4. The van der Waals surface area contributed by atoms with Crippen LogP contribution in [0.2, 0.25) is 0 Å². The van der Waals surface area contributed by atoms with Gasteiger partial charge in [0.25, 0.3) is 17.4 Å². The van der Waals surface area contributed by atoms with E-state index in [4.69, 9.17) is 0 Å². The van der Waals surface area contributed by atoms with Crippen molar-refractivity contribution < 1.29 is 9.59 Å². The molecule has 2 amide bonds. The predicted octanol–water partition coefficient (Wildman–Crippen LogP) is 4.46. The molecule has 2 aliphatic heterocycles. The van der Waals surface area contributed by atoms with Gasteiger partial charge in [0.1, 0.15) is 19.8 Å². The summed E-state index contributed by atoms with van der Waals surface area (Å²) in [7, 11) is 1.93. The van der Waals surface area contributed by atoms with Crippen LogP contribution < -0.4 is 30.0 Å². The van der Waals surface area contributed by atoms with Gasteiger partial charge >= 0.3 is 0 Å². The van der Waals surface area contributed by atoms with Crippen molar-refractivity contribution in [1.82, 2.24) is 9.88 Å². The van der Waals surface area contributed by atoms with E-state index in [1.165, 1.54) is 28.1 Å². The molecule has 0 atom stereocenters. The van der Waals surface area contributed by atoms with Crippen molar-refractivity contribution in [2.45, 2.75) is 11.8 Å². The van der Waals surface area contributed by atoms with Crippen LogP contribution in [0.1, 0.15) is 15.9 Å². The number of fused-ring (bicyclic) bond motifs is 1. The first-order valence-corrected chi connectivity index (χ1v) is 15.5. The second kappa shape index (κ2) is 11.1. The van der Waals surface area contributed by atoms with E-state index >= 15 is 0 Å². The normalized spacial score (nSPS) is 16.7. The third-order valence-electron chi connectivity index (χ3n) is 7.32. The highest BCUT2D eigenvalue weighted by molar-refractivity contribution is 8.08. The zero-order valence-corrected chi connectivity index (χ0v) is 25.4. The molecule has 1 aromatic heterocycles. The van der Waals surface area contributed by atoms with Crippen molar-refractivity contribution in [2.24, 2.45) is 5.10 Å². The second-order valence-electron chi connectivity index (χ2n) is 10.2. The lowest BCUT2D eigenvalue weighted by atomic mass is 10.2. The second-order valence-corrected chi connectivity index (χ2v) is 12.3. The maximum absolute atomic E-state index is 14.4. The fraction of sp³-hybridized carbons (Fsp3) is 0.0588. The third-order valence-corrected chi connectivity index (χ3v) is 9.83. The quantitative estimate of drug-likeness (QED) is 0.324. The molecule has 2 aliphatic rings. The number of carbonyl (C=O) groups is 2. The van der Waals surface area contributed by atoms with Crippen LogP contribution in [0, 0.1) is 6.92 Å². The molecule has 0 radical (unpaired) electrons. The minimum absolute atomic E-state index is 0.0719. The highest BCUT2D eigenvalue weighted by atomic mass is 32.2. The number of thioether (sulfide) groups is 1. The number of nitrogens with zero attached hydrogens (tertiary/aromatic N) is 4. The molecular formula is C34H25N5O3S2. The Bertz CT molecular complexity index is 2170. The molecule has 3 heterocycles. The molecule has 0 fully saturated rings. The lowest BCUT2D eigenvalue weighted by Gasteiger charge is -2.11. The van der Waals surface area contributed by atoms with Gasteiger partial charge in [-0.2, -0.15) is 5.01 Å². The number of carbonyl (C=O) groups excluding carboxylic acids is 2. The van der Waals surface area contributed by atoms with Crippen molar-refractivity contribution in [3.8, 4) is 5.69 Å². The van der Waals surface area contributed by atoms with Crippen molar-refractivity contribution in [1.29, 1.82) is 0 Å². The third kappa shape index (κ3) is 4.74. The fourth-order valence-electron chi connectivity index (χ4n) is 5.18. The Balaban J connectivity index is 1.51. The monoisotopic (exact) mass is 615 g/mol. The van der Waals surface area contributed by atoms with E-state index in [0.29, 0.717) is 26.1 Å². The highest BCUT2D eigenvalue weighted by Crippen LogP contribution is 2.45. The first-order valence-electron chi connectivity index (χ1n) is 13.8. The summed E-state index contributed by atoms with van der Waals surface area (Å²) in [6.45, 7) is 1.95. The van der Waals surface area contributed by atoms with Gasteiger partial charge in [0, 0.05) is 17.5 Å². The number of amidine groups is 1. The maximum atomic E-state index is 14.4. The Hall–Kier alpha value is -5.19. The maximum Gasteiger partial charge on any atom is 0.285 e. The van der Waals surface area contributed by atoms with E-state index in [-0.39, 0.29) is 17.0 Å². The number of rotatable bonds is 3. The van der Waals surface area contributed by atoms with Crippen LogP contribution in [0.15, 0.2) is 124 Å². The number of amides is 2. The van der Waals surface area contributed by atoms with E-state index in [1.54, 1.807) is 41.0 Å². The van der Waals surface area contributed by atoms with Gasteiger partial charge in [-0.3, -0.25) is 19.0 Å². The van der Waals surface area contributed by atoms with Crippen LogP contribution in [0.5, 0.6) is 0 Å². The number of thiazole rings is 1. The molecule has 0 spiro atoms. The molecule has 1 N–H and O–H groups in total. The van der Waals surface area contributed by atoms with Crippen molar-refractivity contribution in [2.75, 3.05) is 17.0 Å². The minimum Gasteiger partial charge on any atom is -0.337 e. The lowest BCUT2D eigenvalue weighted by molar-refractivity contribution is -0.112. The smallest absolute Gasteiger partial charge is 0.285 e. The van der Waals surface area contributed by atoms with Gasteiger partial charge in [-0.05, 0) is 61.0 Å². The molecule has 7 rings (SSSR count). The SMILES string of the molecule is Cc1cccc(-n2c(=O)/c(=C3/Sc4ccccc4N3C)s/c2=C2/C(=O)N(c3ccccc3)N=C2NC(=O)c2ccccc2)c1. The molecule has 0 saturated heterocycles. The van der Waals surface area contributed by atoms with Crippen LogP contribution in [-0.4, -0.2) is 29.3 Å². The first kappa shape index (κ1) is 27.6. The Labute approximate surface area is 260 Å². The first-order chi connectivity index (χ1) is 21.4. The van der Waals surface area contributed by atoms with Gasteiger partial charge in [-0.15, -0.1) is 16.4 Å². The van der Waals surface area contributed by atoms with Gasteiger partial charge in [-0.25, -0.2) is 0 Å². The van der Waals surface area contributed by atoms with E-state index < -0.39 is 11.8 Å². The minimum atomic E-state index is -0.450. The Morgan fingerprint density at radius 2 is 1.50 bits per heavy atom. The summed E-state index contributed by atoms with van der Waals surface area (Å²) in [5.74, 6) is -0.793. The standard InChI is InChI=1S/C34H25N5O3S2/c1-21-12-11-17-24(20-21)38-32(42)28(34-37(2)25-18-9-10-19-26(25)43-34)44-33(38)27-29(35-30(40)22-13-5-3-6-14-22)36-39(31(27)41)23-15-7-4-8-16-23/h3-20H,1-2H3,(H,35,36,40)/b33-27+,34-28-. The van der Waals surface area contributed by atoms with Crippen LogP contribution in [-0.2, 0) is 4.79 Å². The molecule has 0 bridgehead atoms. The molecule has 44 heavy (non-hydrogen) atoms. The van der Waals surface area contributed by atoms with Crippen LogP contribution in [0.25, 0.3) is 16.3 Å². The van der Waals surface area contributed by atoms with Gasteiger partial charge in [0.2, 0.25) is 0 Å². The molecule has 0 unspecified atom stereocenters. The van der Waals surface area contributed by atoms with Crippen molar-refractivity contribution in [3.05, 3.63) is 140 Å². The van der Waals surface area contributed by atoms with Gasteiger partial charge < -0.3 is 10.2 Å². The molecule has 10 heteroatoms. The number of para-hydroxylation sites is 2. The van der Waals surface area contributed by atoms with E-state index in [1.807, 2.05) is 91.7 Å². The molecule has 216 valence electrons. The molecule has 0 saturated carbocycles. The summed E-state index contributed by atoms with van der Waals surface area (Å²) in [5, 5.41) is 9.50. The summed E-state index contributed by atoms with van der Waals surface area (Å²) in [5.41, 5.74) is 3.41. The molecule has 0 aliphatic carbocycles. The van der Waals surface area contributed by atoms with Gasteiger partial charge in [-0.1, -0.05) is 72.4 Å². The summed E-state index contributed by atoms with van der Waals surface area (Å²) in [6, 6.07) is 33.3. The number of aryl methyl sites for hydroxylation is 1. The van der Waals surface area contributed by atoms with Crippen LogP contribution in [0.4, 0.5) is 11.4 Å². The van der Waals surface area contributed by atoms with Crippen LogP contribution >= 0.6 is 23.1 Å². The van der Waals surface area contributed by atoms with Crippen molar-refractivity contribution >= 4 is 62.7 Å². The summed E-state index contributed by atoms with van der Waals surface area (Å²) in [4.78, 5) is 45.1. The number of nitrogens with one attached hydrogen (secondary N) is 1. The number of hydrazone groups is 1. The highest BCUT2D eigenvalue weighted by Gasteiger charge is 2.36. The van der Waals surface area contributed by atoms with Gasteiger partial charge in [0.05, 0.1) is 17.1 Å². The largest absolute Gasteiger partial charge is 0.337 e. The number of anilines is 2. The summed E-state index contributed by atoms with van der Waals surface area (Å²) < 4.78 is 2.42. The number of benzene rings is 4. The summed E-state index contributed by atoms with van der Waals surface area (Å²) >= 11 is 2.73. The number of aromatic nitrogens is 1. The number of hydrogen-bond donors (Lipinski definition) is 1. The zero-order valence-electron chi connectivity index (χ0n) is 23.7. The van der Waals surface area contributed by atoms with Crippen LogP contribution in [0.3, 0.4) is 0 Å². The van der Waals surface area contributed by atoms with Crippen molar-refractivity contribution in [3.63, 3.8) is 0 Å². The number of hydrogen-bond acceptors (Lipinski definition) is 7. The summed E-state index contributed by atoms with van der Waals surface area (Å²) in [6.07, 6.45) is 0. The Morgan fingerprint density at radius 3 is 2.23 bits per heavy atom. The van der Waals surface area contributed by atoms with E-state index in [0.717, 1.165) is 21.2 Å². The molecule has 8 nitrogen and oxygen atoms in total. The molecule has 5 aromatic rings. The van der Waals surface area contributed by atoms with E-state index in [2.05, 4.69) is 10.4 Å².